The van der Waals surface area contributed by atoms with Gasteiger partial charge in [0.25, 0.3) is 5.91 Å². The van der Waals surface area contributed by atoms with Crippen LogP contribution < -0.4 is 0 Å². The maximum Gasteiger partial charge on any atom is 0.264 e. The molecule has 2 nitrogen and oxygen atoms in total. The Kier molecular flexibility index (Phi) is 3.53. The minimum absolute atomic E-state index is 0.224. The zero-order valence-electron chi connectivity index (χ0n) is 13.0. The highest BCUT2D eigenvalue weighted by Crippen LogP contribution is 2.33. The molecule has 1 aromatic carbocycles. The molecule has 0 saturated heterocycles. The van der Waals surface area contributed by atoms with Crippen molar-refractivity contribution in [1.82, 2.24) is 4.90 Å². The van der Waals surface area contributed by atoms with Crippen molar-refractivity contribution in [2.45, 2.75) is 39.2 Å². The Morgan fingerprint density at radius 2 is 2.00 bits per heavy atom. The molecule has 114 valence electrons. The molecule has 0 fully saturated rings. The van der Waals surface area contributed by atoms with Crippen LogP contribution in [0.5, 0.6) is 0 Å². The van der Waals surface area contributed by atoms with Crippen LogP contribution in [-0.2, 0) is 25.8 Å². The standard InChI is InChI=1S/C19H21NOS/c1-13-6-7-17-16(10-13)11-18(22-17)19(21)20-9-8-14-4-2-3-5-15(14)12-20/h2-5,11,13H,6-10,12H2,1H3/t13-/m1/s1. The molecular formula is C19H21NOS. The van der Waals surface area contributed by atoms with Crippen LogP contribution in [0.1, 0.15) is 44.6 Å². The van der Waals surface area contributed by atoms with E-state index in [1.807, 2.05) is 4.90 Å². The molecule has 0 unspecified atom stereocenters. The van der Waals surface area contributed by atoms with Crippen molar-refractivity contribution < 1.29 is 4.79 Å². The van der Waals surface area contributed by atoms with E-state index in [2.05, 4.69) is 37.3 Å². The van der Waals surface area contributed by atoms with Crippen LogP contribution in [0.2, 0.25) is 0 Å². The number of amides is 1. The number of nitrogens with zero attached hydrogens (tertiary/aromatic N) is 1. The first-order valence-electron chi connectivity index (χ1n) is 8.18. The third kappa shape index (κ3) is 2.48. The lowest BCUT2D eigenvalue weighted by molar-refractivity contribution is 0.0739. The molecule has 22 heavy (non-hydrogen) atoms. The number of fused-ring (bicyclic) bond motifs is 2. The lowest BCUT2D eigenvalue weighted by Crippen LogP contribution is -2.35. The zero-order chi connectivity index (χ0) is 15.1. The lowest BCUT2D eigenvalue weighted by atomic mass is 9.90. The van der Waals surface area contributed by atoms with Gasteiger partial charge in [0.2, 0.25) is 0 Å². The molecule has 0 N–H and O–H groups in total. The van der Waals surface area contributed by atoms with E-state index in [1.54, 1.807) is 11.3 Å². The first-order valence-corrected chi connectivity index (χ1v) is 9.00. The van der Waals surface area contributed by atoms with Crippen LogP contribution in [0.25, 0.3) is 0 Å². The van der Waals surface area contributed by atoms with Crippen LogP contribution in [0.15, 0.2) is 30.3 Å². The van der Waals surface area contributed by atoms with Gasteiger partial charge in [-0.3, -0.25) is 4.79 Å². The molecule has 1 aliphatic heterocycles. The molecule has 2 heterocycles. The maximum absolute atomic E-state index is 12.8. The molecule has 2 aliphatic rings. The highest BCUT2D eigenvalue weighted by Gasteiger charge is 2.25. The average molecular weight is 311 g/mol. The van der Waals surface area contributed by atoms with Crippen molar-refractivity contribution in [2.75, 3.05) is 6.54 Å². The first kappa shape index (κ1) is 14.0. The Labute approximate surface area is 135 Å². The first-order chi connectivity index (χ1) is 10.7. The van der Waals surface area contributed by atoms with Gasteiger partial charge in [0.1, 0.15) is 0 Å². The second-order valence-corrected chi connectivity index (χ2v) is 7.79. The van der Waals surface area contributed by atoms with Crippen LogP contribution in [-0.4, -0.2) is 17.4 Å². The van der Waals surface area contributed by atoms with Gasteiger partial charge in [-0.1, -0.05) is 31.2 Å². The van der Waals surface area contributed by atoms with E-state index in [0.717, 1.165) is 43.1 Å². The van der Waals surface area contributed by atoms with E-state index in [0.29, 0.717) is 0 Å². The number of rotatable bonds is 1. The van der Waals surface area contributed by atoms with Crippen LogP contribution in [0, 0.1) is 5.92 Å². The SMILES string of the molecule is C[C@@H]1CCc2sc(C(=O)N3CCc4ccccc4C3)cc2C1. The Morgan fingerprint density at radius 3 is 2.86 bits per heavy atom. The predicted octanol–water partition coefficient (Wildman–Crippen LogP) is 4.07. The fraction of sp³-hybridized carbons (Fsp3) is 0.421. The Morgan fingerprint density at radius 1 is 1.18 bits per heavy atom. The topological polar surface area (TPSA) is 20.3 Å². The van der Waals surface area contributed by atoms with Crippen molar-refractivity contribution >= 4 is 17.2 Å². The van der Waals surface area contributed by atoms with Crippen molar-refractivity contribution in [1.29, 1.82) is 0 Å². The van der Waals surface area contributed by atoms with E-state index in [4.69, 9.17) is 0 Å². The minimum Gasteiger partial charge on any atom is -0.333 e. The summed E-state index contributed by atoms with van der Waals surface area (Å²) in [5.41, 5.74) is 4.12. The fourth-order valence-corrected chi connectivity index (χ4v) is 4.81. The summed E-state index contributed by atoms with van der Waals surface area (Å²) in [6.45, 7) is 3.91. The van der Waals surface area contributed by atoms with Gasteiger partial charge in [-0.15, -0.1) is 11.3 Å². The van der Waals surface area contributed by atoms with Gasteiger partial charge in [0, 0.05) is 18.0 Å². The van der Waals surface area contributed by atoms with Gasteiger partial charge in [0.15, 0.2) is 0 Å². The van der Waals surface area contributed by atoms with Crippen LogP contribution in [0.4, 0.5) is 0 Å². The van der Waals surface area contributed by atoms with Gasteiger partial charge >= 0.3 is 0 Å². The van der Waals surface area contributed by atoms with Crippen molar-refractivity contribution in [3.63, 3.8) is 0 Å². The number of carbonyl (C=O) groups excluding carboxylic acids is 1. The summed E-state index contributed by atoms with van der Waals surface area (Å²) >= 11 is 1.73. The number of carbonyl (C=O) groups is 1. The number of thiophene rings is 1. The molecule has 0 spiro atoms. The molecule has 0 saturated carbocycles. The van der Waals surface area contributed by atoms with E-state index >= 15 is 0 Å². The molecule has 0 bridgehead atoms. The summed E-state index contributed by atoms with van der Waals surface area (Å²) in [5.74, 6) is 0.980. The van der Waals surface area contributed by atoms with Crippen molar-refractivity contribution in [3.05, 3.63) is 56.8 Å². The highest BCUT2D eigenvalue weighted by atomic mass is 32.1. The highest BCUT2D eigenvalue weighted by molar-refractivity contribution is 7.14. The van der Waals surface area contributed by atoms with Gasteiger partial charge < -0.3 is 4.90 Å². The molecule has 1 atom stereocenters. The molecular weight excluding hydrogens is 290 g/mol. The molecule has 3 heteroatoms. The number of hydrogen-bond donors (Lipinski definition) is 0. The van der Waals surface area contributed by atoms with Crippen molar-refractivity contribution in [3.8, 4) is 0 Å². The normalized spacial score (nSPS) is 20.4. The smallest absolute Gasteiger partial charge is 0.264 e. The molecule has 1 amide bonds. The number of hydrogen-bond acceptors (Lipinski definition) is 2. The van der Waals surface area contributed by atoms with Gasteiger partial charge in [-0.05, 0) is 54.4 Å². The Balaban J connectivity index is 1.56. The number of benzene rings is 1. The van der Waals surface area contributed by atoms with Gasteiger partial charge in [-0.25, -0.2) is 0 Å². The molecule has 0 radical (unpaired) electrons. The van der Waals surface area contributed by atoms with Crippen molar-refractivity contribution in [2.24, 2.45) is 5.92 Å². The maximum atomic E-state index is 12.8. The van der Waals surface area contributed by atoms with E-state index in [9.17, 15) is 4.79 Å². The second kappa shape index (κ2) is 5.54. The Hall–Kier alpha value is -1.61. The summed E-state index contributed by atoms with van der Waals surface area (Å²) in [4.78, 5) is 17.2. The third-order valence-electron chi connectivity index (χ3n) is 4.96. The summed E-state index contributed by atoms with van der Waals surface area (Å²) in [5, 5.41) is 0. The minimum atomic E-state index is 0.224. The summed E-state index contributed by atoms with van der Waals surface area (Å²) in [6, 6.07) is 10.7. The third-order valence-corrected chi connectivity index (χ3v) is 6.18. The van der Waals surface area contributed by atoms with E-state index in [1.165, 1.54) is 28.0 Å². The van der Waals surface area contributed by atoms with E-state index < -0.39 is 0 Å². The Bertz CT molecular complexity index is 718. The van der Waals surface area contributed by atoms with Gasteiger partial charge in [-0.2, -0.15) is 0 Å². The molecule has 1 aliphatic carbocycles. The second-order valence-electron chi connectivity index (χ2n) is 6.65. The summed E-state index contributed by atoms with van der Waals surface area (Å²) < 4.78 is 0. The molecule has 1 aromatic heterocycles. The molecule has 4 rings (SSSR count). The summed E-state index contributed by atoms with van der Waals surface area (Å²) in [7, 11) is 0. The lowest BCUT2D eigenvalue weighted by Gasteiger charge is -2.28. The van der Waals surface area contributed by atoms with Crippen LogP contribution in [0.3, 0.4) is 0 Å². The van der Waals surface area contributed by atoms with Gasteiger partial charge in [0.05, 0.1) is 4.88 Å². The molecule has 2 aromatic rings. The largest absolute Gasteiger partial charge is 0.333 e. The number of aryl methyl sites for hydroxylation is 1. The van der Waals surface area contributed by atoms with E-state index in [-0.39, 0.29) is 5.91 Å². The monoisotopic (exact) mass is 311 g/mol. The quantitative estimate of drug-likeness (QED) is 0.777. The van der Waals surface area contributed by atoms with Crippen LogP contribution >= 0.6 is 11.3 Å². The predicted molar refractivity (Wildman–Crippen MR) is 90.4 cm³/mol. The fourth-order valence-electron chi connectivity index (χ4n) is 3.64. The average Bonchev–Trinajstić information content (AvgIpc) is 2.96. The summed E-state index contributed by atoms with van der Waals surface area (Å²) in [6.07, 6.45) is 4.53. The zero-order valence-corrected chi connectivity index (χ0v) is 13.8.